The highest BCUT2D eigenvalue weighted by molar-refractivity contribution is 9.10. The number of hydrogen-bond acceptors (Lipinski definition) is 4. The molecule has 1 aromatic heterocycles. The third-order valence-corrected chi connectivity index (χ3v) is 3.16. The minimum Gasteiger partial charge on any atom is -0.444 e. The molecule has 2 aromatic rings. The van der Waals surface area contributed by atoms with Crippen molar-refractivity contribution in [3.05, 3.63) is 52.4 Å². The third-order valence-electron chi connectivity index (χ3n) is 2.74. The van der Waals surface area contributed by atoms with Crippen LogP contribution in [0.4, 0.5) is 5.69 Å². The molecule has 0 saturated heterocycles. The Bertz CT molecular complexity index is 716. The van der Waals surface area contributed by atoms with Gasteiger partial charge in [-0.2, -0.15) is 5.26 Å². The van der Waals surface area contributed by atoms with E-state index in [0.717, 1.165) is 5.56 Å². The Kier molecular flexibility index (Phi) is 5.33. The number of amides is 2. The maximum Gasteiger partial charge on any atom is 0.291 e. The summed E-state index contributed by atoms with van der Waals surface area (Å²) in [6.07, 6.45) is -0.160. The van der Waals surface area contributed by atoms with Gasteiger partial charge in [0.15, 0.2) is 10.4 Å². The van der Waals surface area contributed by atoms with Gasteiger partial charge in [-0.3, -0.25) is 9.59 Å². The maximum absolute atomic E-state index is 11.9. The van der Waals surface area contributed by atoms with Crippen LogP contribution in [0.15, 0.2) is 45.5 Å². The van der Waals surface area contributed by atoms with Gasteiger partial charge in [0.2, 0.25) is 5.91 Å². The van der Waals surface area contributed by atoms with Crippen molar-refractivity contribution in [2.45, 2.75) is 13.0 Å². The highest BCUT2D eigenvalue weighted by atomic mass is 79.9. The molecule has 0 aliphatic rings. The summed E-state index contributed by atoms with van der Waals surface area (Å²) in [5, 5.41) is 13.7. The van der Waals surface area contributed by atoms with E-state index in [1.807, 2.05) is 0 Å². The number of carbonyl (C=O) groups excluding carboxylic acids is 2. The molecule has 0 fully saturated rings. The van der Waals surface area contributed by atoms with Gasteiger partial charge in [-0.25, -0.2) is 0 Å². The number of nitrogens with one attached hydrogen (secondary N) is 2. The van der Waals surface area contributed by atoms with Crippen molar-refractivity contribution in [1.29, 1.82) is 5.26 Å². The second-order valence-corrected chi connectivity index (χ2v) is 5.15. The second kappa shape index (κ2) is 7.43. The van der Waals surface area contributed by atoms with Gasteiger partial charge in [0.1, 0.15) is 6.42 Å². The van der Waals surface area contributed by atoms with Gasteiger partial charge in [0.05, 0.1) is 6.07 Å². The van der Waals surface area contributed by atoms with E-state index in [9.17, 15) is 9.59 Å². The molecule has 22 heavy (non-hydrogen) atoms. The molecule has 6 nitrogen and oxygen atoms in total. The number of benzene rings is 1. The summed E-state index contributed by atoms with van der Waals surface area (Å²) in [6, 6.07) is 12.0. The predicted molar refractivity (Wildman–Crippen MR) is 82.9 cm³/mol. The number of halogens is 1. The van der Waals surface area contributed by atoms with E-state index in [-0.39, 0.29) is 24.0 Å². The standard InChI is InChI=1S/C15H12BrN3O3/c16-13-6-5-12(22-13)15(21)19-11-3-1-10(2-4-11)9-18-14(20)7-8-17/h1-6H,7,9H2,(H,18,20)(H,19,21). The Balaban J connectivity index is 1.90. The van der Waals surface area contributed by atoms with Crippen LogP contribution in [0.2, 0.25) is 0 Å². The zero-order valence-electron chi connectivity index (χ0n) is 11.4. The molecule has 2 rings (SSSR count). The van der Waals surface area contributed by atoms with E-state index in [1.54, 1.807) is 42.5 Å². The van der Waals surface area contributed by atoms with Gasteiger partial charge in [0, 0.05) is 12.2 Å². The zero-order valence-corrected chi connectivity index (χ0v) is 13.0. The van der Waals surface area contributed by atoms with Crippen molar-refractivity contribution in [3.63, 3.8) is 0 Å². The fraction of sp³-hybridized carbons (Fsp3) is 0.133. The molecule has 0 aliphatic carbocycles. The molecule has 0 spiro atoms. The Morgan fingerprint density at radius 2 is 1.91 bits per heavy atom. The van der Waals surface area contributed by atoms with Crippen LogP contribution in [-0.4, -0.2) is 11.8 Å². The number of anilines is 1. The zero-order chi connectivity index (χ0) is 15.9. The van der Waals surface area contributed by atoms with Gasteiger partial charge in [0.25, 0.3) is 5.91 Å². The van der Waals surface area contributed by atoms with Crippen LogP contribution in [0, 0.1) is 11.3 Å². The lowest BCUT2D eigenvalue weighted by atomic mass is 10.2. The quantitative estimate of drug-likeness (QED) is 0.855. The SMILES string of the molecule is N#CCC(=O)NCc1ccc(NC(=O)c2ccc(Br)o2)cc1. The summed E-state index contributed by atoms with van der Waals surface area (Å²) in [6.45, 7) is 0.333. The first-order chi connectivity index (χ1) is 10.6. The summed E-state index contributed by atoms with van der Waals surface area (Å²) < 4.78 is 5.65. The monoisotopic (exact) mass is 361 g/mol. The molecule has 0 saturated carbocycles. The lowest BCUT2D eigenvalue weighted by molar-refractivity contribution is -0.120. The minimum absolute atomic E-state index is 0.160. The van der Waals surface area contributed by atoms with Gasteiger partial charge in [-0.15, -0.1) is 0 Å². The van der Waals surface area contributed by atoms with E-state index < -0.39 is 0 Å². The lowest BCUT2D eigenvalue weighted by Gasteiger charge is -2.06. The highest BCUT2D eigenvalue weighted by Gasteiger charge is 2.10. The van der Waals surface area contributed by atoms with Crippen LogP contribution < -0.4 is 10.6 Å². The largest absolute Gasteiger partial charge is 0.444 e. The van der Waals surface area contributed by atoms with Gasteiger partial charge in [-0.1, -0.05) is 12.1 Å². The van der Waals surface area contributed by atoms with Crippen LogP contribution in [0.3, 0.4) is 0 Å². The van der Waals surface area contributed by atoms with Crippen molar-refractivity contribution in [3.8, 4) is 6.07 Å². The van der Waals surface area contributed by atoms with Crippen molar-refractivity contribution >= 4 is 33.4 Å². The van der Waals surface area contributed by atoms with Crippen LogP contribution >= 0.6 is 15.9 Å². The molecule has 0 radical (unpaired) electrons. The topological polar surface area (TPSA) is 95.1 Å². The normalized spacial score (nSPS) is 9.82. The number of nitrogens with zero attached hydrogens (tertiary/aromatic N) is 1. The van der Waals surface area contributed by atoms with Crippen LogP contribution in [-0.2, 0) is 11.3 Å². The Morgan fingerprint density at radius 1 is 1.18 bits per heavy atom. The molecule has 7 heteroatoms. The molecular weight excluding hydrogens is 350 g/mol. The smallest absolute Gasteiger partial charge is 0.291 e. The molecule has 0 aliphatic heterocycles. The summed E-state index contributed by atoms with van der Waals surface area (Å²) in [5.74, 6) is -0.455. The first-order valence-corrected chi connectivity index (χ1v) is 7.17. The van der Waals surface area contributed by atoms with Crippen molar-refractivity contribution in [2.24, 2.45) is 0 Å². The Labute approximate surface area is 135 Å². The molecule has 0 atom stereocenters. The molecule has 1 heterocycles. The predicted octanol–water partition coefficient (Wildman–Crippen LogP) is 2.82. The Morgan fingerprint density at radius 3 is 2.50 bits per heavy atom. The number of furan rings is 1. The van der Waals surface area contributed by atoms with E-state index in [0.29, 0.717) is 16.9 Å². The fourth-order valence-corrected chi connectivity index (χ4v) is 1.98. The average molecular weight is 362 g/mol. The van der Waals surface area contributed by atoms with Crippen molar-refractivity contribution in [2.75, 3.05) is 5.32 Å². The molecular formula is C15H12BrN3O3. The van der Waals surface area contributed by atoms with E-state index in [1.165, 1.54) is 0 Å². The lowest BCUT2D eigenvalue weighted by Crippen LogP contribution is -2.21. The Hall–Kier alpha value is -2.59. The first kappa shape index (κ1) is 15.8. The summed E-state index contributed by atoms with van der Waals surface area (Å²) >= 11 is 3.13. The maximum atomic E-state index is 11.9. The van der Waals surface area contributed by atoms with E-state index >= 15 is 0 Å². The number of carbonyl (C=O) groups is 2. The highest BCUT2D eigenvalue weighted by Crippen LogP contribution is 2.16. The van der Waals surface area contributed by atoms with E-state index in [4.69, 9.17) is 9.68 Å². The minimum atomic E-state index is -0.347. The van der Waals surface area contributed by atoms with Gasteiger partial charge < -0.3 is 15.1 Å². The van der Waals surface area contributed by atoms with Crippen LogP contribution in [0.5, 0.6) is 0 Å². The van der Waals surface area contributed by atoms with Crippen LogP contribution in [0.25, 0.3) is 0 Å². The van der Waals surface area contributed by atoms with Gasteiger partial charge >= 0.3 is 0 Å². The molecule has 0 unspecified atom stereocenters. The molecule has 1 aromatic carbocycles. The number of hydrogen-bond donors (Lipinski definition) is 2. The first-order valence-electron chi connectivity index (χ1n) is 6.38. The molecule has 112 valence electrons. The van der Waals surface area contributed by atoms with Crippen LogP contribution in [0.1, 0.15) is 22.5 Å². The van der Waals surface area contributed by atoms with E-state index in [2.05, 4.69) is 26.6 Å². The van der Waals surface area contributed by atoms with Gasteiger partial charge in [-0.05, 0) is 45.8 Å². The molecule has 2 N–H and O–H groups in total. The van der Waals surface area contributed by atoms with Crippen molar-refractivity contribution < 1.29 is 14.0 Å². The average Bonchev–Trinajstić information content (AvgIpc) is 2.93. The third kappa shape index (κ3) is 4.46. The fourth-order valence-electron chi connectivity index (χ4n) is 1.67. The van der Waals surface area contributed by atoms with Crippen molar-refractivity contribution in [1.82, 2.24) is 5.32 Å². The summed E-state index contributed by atoms with van der Waals surface area (Å²) in [5.41, 5.74) is 1.48. The molecule has 0 bridgehead atoms. The summed E-state index contributed by atoms with van der Waals surface area (Å²) in [4.78, 5) is 23.1. The number of rotatable bonds is 5. The second-order valence-electron chi connectivity index (χ2n) is 4.37. The molecule has 2 amide bonds. The summed E-state index contributed by atoms with van der Waals surface area (Å²) in [7, 11) is 0. The number of nitriles is 1.